The molecule has 2 amide bonds. The molecule has 6 heteroatoms. The van der Waals surface area contributed by atoms with Crippen LogP contribution in [0.1, 0.15) is 55.7 Å². The molecule has 198 valence electrons. The Kier molecular flexibility index (Phi) is 8.49. The highest BCUT2D eigenvalue weighted by molar-refractivity contribution is 5.94. The van der Waals surface area contributed by atoms with Gasteiger partial charge in [0.25, 0.3) is 0 Å². The summed E-state index contributed by atoms with van der Waals surface area (Å²) in [4.78, 5) is 37.9. The van der Waals surface area contributed by atoms with Gasteiger partial charge in [0.15, 0.2) is 0 Å². The van der Waals surface area contributed by atoms with Crippen LogP contribution in [0.25, 0.3) is 0 Å². The number of carbonyl (C=O) groups excluding carboxylic acids is 2. The first kappa shape index (κ1) is 26.1. The third-order valence-corrected chi connectivity index (χ3v) is 8.04. The SMILES string of the molecule is CCC(=O)N1CCC2CCCC(CN(C(=O)Cc3ccccc3)Cc3ccccc31)N2Cc1ccncc1. The van der Waals surface area contributed by atoms with Crippen molar-refractivity contribution in [2.75, 3.05) is 18.0 Å². The molecule has 2 unspecified atom stereocenters. The topological polar surface area (TPSA) is 56.8 Å². The number of hydrogen-bond acceptors (Lipinski definition) is 4. The molecule has 6 nitrogen and oxygen atoms in total. The molecule has 0 radical (unpaired) electrons. The van der Waals surface area contributed by atoms with E-state index in [1.165, 1.54) is 5.56 Å². The van der Waals surface area contributed by atoms with Crippen molar-refractivity contribution in [3.63, 3.8) is 0 Å². The van der Waals surface area contributed by atoms with Crippen molar-refractivity contribution >= 4 is 17.5 Å². The van der Waals surface area contributed by atoms with Crippen LogP contribution in [0, 0.1) is 0 Å². The van der Waals surface area contributed by atoms with Crippen LogP contribution in [0.4, 0.5) is 5.69 Å². The molecule has 0 saturated carbocycles. The van der Waals surface area contributed by atoms with Crippen molar-refractivity contribution in [1.82, 2.24) is 14.8 Å². The van der Waals surface area contributed by atoms with Crippen molar-refractivity contribution in [2.45, 2.75) is 70.6 Å². The van der Waals surface area contributed by atoms with Crippen LogP contribution in [0.5, 0.6) is 0 Å². The van der Waals surface area contributed by atoms with Crippen LogP contribution in [-0.4, -0.2) is 51.8 Å². The summed E-state index contributed by atoms with van der Waals surface area (Å²) in [5, 5.41) is 0. The Morgan fingerprint density at radius 3 is 2.37 bits per heavy atom. The average Bonchev–Trinajstić information content (AvgIpc) is 2.96. The van der Waals surface area contributed by atoms with Gasteiger partial charge in [-0.05, 0) is 54.2 Å². The number of fused-ring (bicyclic) bond motifs is 3. The fourth-order valence-corrected chi connectivity index (χ4v) is 6.04. The van der Waals surface area contributed by atoms with Gasteiger partial charge in [-0.15, -0.1) is 0 Å². The van der Waals surface area contributed by atoms with Gasteiger partial charge >= 0.3 is 0 Å². The molecule has 2 atom stereocenters. The minimum absolute atomic E-state index is 0.129. The summed E-state index contributed by atoms with van der Waals surface area (Å²) in [6.45, 7) is 4.63. The third kappa shape index (κ3) is 6.13. The first-order chi connectivity index (χ1) is 18.6. The molecule has 3 aromatic rings. The molecular formula is C32H38N4O2. The van der Waals surface area contributed by atoms with E-state index in [4.69, 9.17) is 0 Å². The van der Waals surface area contributed by atoms with Crippen molar-refractivity contribution in [3.05, 3.63) is 95.8 Å². The first-order valence-electron chi connectivity index (χ1n) is 14.0. The molecule has 2 aliphatic heterocycles. The molecule has 38 heavy (non-hydrogen) atoms. The Hall–Kier alpha value is -3.51. The lowest BCUT2D eigenvalue weighted by atomic mass is 9.92. The fourth-order valence-electron chi connectivity index (χ4n) is 6.04. The van der Waals surface area contributed by atoms with E-state index in [9.17, 15) is 9.59 Å². The highest BCUT2D eigenvalue weighted by Gasteiger charge is 2.34. The lowest BCUT2D eigenvalue weighted by molar-refractivity contribution is -0.132. The number of pyridine rings is 1. The van der Waals surface area contributed by atoms with Gasteiger partial charge in [-0.3, -0.25) is 19.5 Å². The van der Waals surface area contributed by atoms with Gasteiger partial charge < -0.3 is 9.80 Å². The van der Waals surface area contributed by atoms with E-state index in [0.717, 1.165) is 49.0 Å². The van der Waals surface area contributed by atoms with Crippen LogP contribution in [0.3, 0.4) is 0 Å². The van der Waals surface area contributed by atoms with Crippen molar-refractivity contribution < 1.29 is 9.59 Å². The summed E-state index contributed by atoms with van der Waals surface area (Å²) in [5.41, 5.74) is 4.23. The Balaban J connectivity index is 1.52. The molecule has 2 bridgehead atoms. The number of carbonyl (C=O) groups is 2. The molecule has 3 heterocycles. The van der Waals surface area contributed by atoms with Crippen LogP contribution in [0.15, 0.2) is 79.1 Å². The fraction of sp³-hybridized carbons (Fsp3) is 0.406. The maximum Gasteiger partial charge on any atom is 0.227 e. The van der Waals surface area contributed by atoms with Crippen molar-refractivity contribution in [2.24, 2.45) is 0 Å². The summed E-state index contributed by atoms with van der Waals surface area (Å²) in [6, 6.07) is 22.9. The molecule has 1 saturated heterocycles. The maximum atomic E-state index is 13.8. The summed E-state index contributed by atoms with van der Waals surface area (Å²) in [5.74, 6) is 0.261. The molecule has 0 aliphatic carbocycles. The van der Waals surface area contributed by atoms with Gasteiger partial charge in [0.2, 0.25) is 11.8 Å². The smallest absolute Gasteiger partial charge is 0.227 e. The minimum Gasteiger partial charge on any atom is -0.336 e. The molecule has 2 aliphatic rings. The average molecular weight is 511 g/mol. The predicted molar refractivity (Wildman–Crippen MR) is 150 cm³/mol. The number of aromatic nitrogens is 1. The van der Waals surface area contributed by atoms with Gasteiger partial charge in [-0.1, -0.05) is 61.9 Å². The summed E-state index contributed by atoms with van der Waals surface area (Å²) in [6.07, 6.45) is 8.76. The van der Waals surface area contributed by atoms with Crippen LogP contribution in [-0.2, 0) is 29.1 Å². The number of anilines is 1. The Morgan fingerprint density at radius 1 is 0.842 bits per heavy atom. The third-order valence-electron chi connectivity index (χ3n) is 8.04. The number of rotatable bonds is 5. The molecular weight excluding hydrogens is 472 g/mol. The van der Waals surface area contributed by atoms with Crippen LogP contribution < -0.4 is 4.90 Å². The molecule has 0 spiro atoms. The van der Waals surface area contributed by atoms with Crippen LogP contribution in [0.2, 0.25) is 0 Å². The maximum absolute atomic E-state index is 13.8. The standard InChI is InChI=1S/C32H38N4O2/c1-2-31(37)35-20-17-28-12-8-13-29(36(28)22-26-15-18-33-19-16-26)24-34(23-27-11-6-7-14-30(27)35)32(38)21-25-9-4-3-5-10-25/h3-7,9-11,14-16,18-19,28-29H,2,8,12-13,17,20-24H2,1H3. The van der Waals surface area contributed by atoms with Crippen LogP contribution >= 0.6 is 0 Å². The van der Waals surface area contributed by atoms with Crippen molar-refractivity contribution in [1.29, 1.82) is 0 Å². The second kappa shape index (κ2) is 12.4. The first-order valence-corrected chi connectivity index (χ1v) is 14.0. The molecule has 1 aromatic heterocycles. The summed E-state index contributed by atoms with van der Waals surface area (Å²) >= 11 is 0. The van der Waals surface area contributed by atoms with E-state index in [2.05, 4.69) is 28.1 Å². The van der Waals surface area contributed by atoms with E-state index < -0.39 is 0 Å². The zero-order chi connectivity index (χ0) is 26.3. The normalized spacial score (nSPS) is 20.3. The number of hydrogen-bond donors (Lipinski definition) is 0. The second-order valence-corrected chi connectivity index (χ2v) is 10.5. The lowest BCUT2D eigenvalue weighted by Crippen LogP contribution is -2.52. The molecule has 5 rings (SSSR count). The van der Waals surface area contributed by atoms with E-state index >= 15 is 0 Å². The monoisotopic (exact) mass is 510 g/mol. The second-order valence-electron chi connectivity index (χ2n) is 10.5. The quantitative estimate of drug-likeness (QED) is 0.472. The molecule has 0 N–H and O–H groups in total. The molecule has 1 fully saturated rings. The number of benzene rings is 2. The molecule has 2 aromatic carbocycles. The van der Waals surface area contributed by atoms with E-state index in [-0.39, 0.29) is 17.9 Å². The zero-order valence-electron chi connectivity index (χ0n) is 22.3. The predicted octanol–water partition coefficient (Wildman–Crippen LogP) is 5.22. The Bertz CT molecular complexity index is 1220. The van der Waals surface area contributed by atoms with Gasteiger partial charge in [0.05, 0.1) is 6.42 Å². The number of piperidine rings is 1. The number of para-hydroxylation sites is 1. The lowest BCUT2D eigenvalue weighted by Gasteiger charge is -2.44. The Morgan fingerprint density at radius 2 is 1.58 bits per heavy atom. The zero-order valence-corrected chi connectivity index (χ0v) is 22.3. The Labute approximate surface area is 226 Å². The summed E-state index contributed by atoms with van der Waals surface area (Å²) < 4.78 is 0. The number of nitrogens with zero attached hydrogens (tertiary/aromatic N) is 4. The number of amides is 2. The van der Waals surface area contributed by atoms with E-state index in [1.807, 2.05) is 77.6 Å². The van der Waals surface area contributed by atoms with Gasteiger partial charge in [-0.25, -0.2) is 0 Å². The highest BCUT2D eigenvalue weighted by atomic mass is 16.2. The largest absolute Gasteiger partial charge is 0.336 e. The minimum atomic E-state index is 0.129. The van der Waals surface area contributed by atoms with E-state index in [1.54, 1.807) is 0 Å². The summed E-state index contributed by atoms with van der Waals surface area (Å²) in [7, 11) is 0. The van der Waals surface area contributed by atoms with Gasteiger partial charge in [-0.2, -0.15) is 0 Å². The highest BCUT2D eigenvalue weighted by Crippen LogP contribution is 2.32. The van der Waals surface area contributed by atoms with Crippen molar-refractivity contribution in [3.8, 4) is 0 Å². The van der Waals surface area contributed by atoms with Gasteiger partial charge in [0, 0.05) is 62.8 Å². The van der Waals surface area contributed by atoms with E-state index in [0.29, 0.717) is 38.5 Å². The van der Waals surface area contributed by atoms with Gasteiger partial charge in [0.1, 0.15) is 0 Å².